The van der Waals surface area contributed by atoms with E-state index in [0.717, 1.165) is 19.4 Å². The molecule has 0 amide bonds. The van der Waals surface area contributed by atoms with Crippen molar-refractivity contribution in [2.24, 2.45) is 17.1 Å². The van der Waals surface area contributed by atoms with Crippen molar-refractivity contribution in [1.82, 2.24) is 0 Å². The van der Waals surface area contributed by atoms with Gasteiger partial charge in [0.05, 0.1) is 5.60 Å². The van der Waals surface area contributed by atoms with E-state index in [1.807, 2.05) is 11.8 Å². The molecule has 0 saturated carbocycles. The van der Waals surface area contributed by atoms with Crippen molar-refractivity contribution in [1.29, 1.82) is 0 Å². The van der Waals surface area contributed by atoms with Crippen LogP contribution < -0.4 is 5.73 Å². The highest BCUT2D eigenvalue weighted by Gasteiger charge is 2.42. The molecular weight excluding hydrogens is 230 g/mol. The predicted octanol–water partition coefficient (Wildman–Crippen LogP) is 3.05. The van der Waals surface area contributed by atoms with Gasteiger partial charge in [-0.2, -0.15) is 11.8 Å². The maximum absolute atomic E-state index is 6.42. The van der Waals surface area contributed by atoms with Crippen LogP contribution in [0.3, 0.4) is 0 Å². The molecule has 3 unspecified atom stereocenters. The SMILES string of the molecule is CC(C)(C)CC(N)C1CCOC2(CCSC2)C1. The van der Waals surface area contributed by atoms with Crippen LogP contribution in [0.15, 0.2) is 0 Å². The molecule has 0 bridgehead atoms. The standard InChI is InChI=1S/C14H27NOS/c1-13(2,3)9-12(15)11-4-6-16-14(8-11)5-7-17-10-14/h11-12H,4-10,15H2,1-3H3. The molecule has 3 atom stereocenters. The second-order valence-electron chi connectivity index (χ2n) is 7.02. The fourth-order valence-electron chi connectivity index (χ4n) is 3.17. The maximum atomic E-state index is 6.42. The summed E-state index contributed by atoms with van der Waals surface area (Å²) in [4.78, 5) is 0. The van der Waals surface area contributed by atoms with Gasteiger partial charge in [-0.3, -0.25) is 0 Å². The van der Waals surface area contributed by atoms with Gasteiger partial charge in [-0.15, -0.1) is 0 Å². The van der Waals surface area contributed by atoms with Crippen LogP contribution in [0, 0.1) is 11.3 Å². The van der Waals surface area contributed by atoms with Crippen LogP contribution >= 0.6 is 11.8 Å². The monoisotopic (exact) mass is 257 g/mol. The first-order valence-corrected chi connectivity index (χ1v) is 8.03. The Balaban J connectivity index is 1.92. The van der Waals surface area contributed by atoms with Crippen LogP contribution in [0.2, 0.25) is 0 Å². The Morgan fingerprint density at radius 1 is 1.47 bits per heavy atom. The third-order valence-corrected chi connectivity index (χ3v) is 5.27. The summed E-state index contributed by atoms with van der Waals surface area (Å²) in [6.45, 7) is 7.77. The van der Waals surface area contributed by atoms with Crippen molar-refractivity contribution in [3.05, 3.63) is 0 Å². The molecule has 100 valence electrons. The van der Waals surface area contributed by atoms with E-state index < -0.39 is 0 Å². The second kappa shape index (κ2) is 5.10. The van der Waals surface area contributed by atoms with E-state index in [0.29, 0.717) is 17.4 Å². The predicted molar refractivity (Wildman–Crippen MR) is 75.4 cm³/mol. The van der Waals surface area contributed by atoms with Crippen LogP contribution in [-0.4, -0.2) is 29.8 Å². The van der Waals surface area contributed by atoms with Crippen molar-refractivity contribution in [2.75, 3.05) is 18.1 Å². The molecule has 0 aromatic carbocycles. The zero-order chi connectivity index (χ0) is 12.5. The molecule has 2 rings (SSSR count). The fourth-order valence-corrected chi connectivity index (χ4v) is 4.55. The van der Waals surface area contributed by atoms with Crippen molar-refractivity contribution < 1.29 is 4.74 Å². The Hall–Kier alpha value is 0.270. The largest absolute Gasteiger partial charge is 0.374 e. The van der Waals surface area contributed by atoms with Crippen LogP contribution in [0.5, 0.6) is 0 Å². The fraction of sp³-hybridized carbons (Fsp3) is 1.00. The van der Waals surface area contributed by atoms with E-state index in [2.05, 4.69) is 20.8 Å². The summed E-state index contributed by atoms with van der Waals surface area (Å²) in [7, 11) is 0. The van der Waals surface area contributed by atoms with Crippen LogP contribution in [0.4, 0.5) is 0 Å². The van der Waals surface area contributed by atoms with E-state index >= 15 is 0 Å². The van der Waals surface area contributed by atoms with Gasteiger partial charge in [0.25, 0.3) is 0 Å². The lowest BCUT2D eigenvalue weighted by Crippen LogP contribution is -2.46. The van der Waals surface area contributed by atoms with Crippen molar-refractivity contribution in [3.8, 4) is 0 Å². The number of ether oxygens (including phenoxy) is 1. The Labute approximate surface area is 110 Å². The minimum Gasteiger partial charge on any atom is -0.374 e. The third kappa shape index (κ3) is 3.62. The molecule has 2 N–H and O–H groups in total. The number of thioether (sulfide) groups is 1. The summed E-state index contributed by atoms with van der Waals surface area (Å²) in [5, 5.41) is 0. The molecule has 17 heavy (non-hydrogen) atoms. The molecule has 2 aliphatic rings. The number of hydrogen-bond donors (Lipinski definition) is 1. The van der Waals surface area contributed by atoms with Crippen LogP contribution in [0.25, 0.3) is 0 Å². The zero-order valence-electron chi connectivity index (χ0n) is 11.5. The topological polar surface area (TPSA) is 35.2 Å². The van der Waals surface area contributed by atoms with Crippen LogP contribution in [0.1, 0.15) is 46.5 Å². The number of nitrogens with two attached hydrogens (primary N) is 1. The molecule has 0 aromatic rings. The first-order chi connectivity index (χ1) is 7.90. The smallest absolute Gasteiger partial charge is 0.0783 e. The van der Waals surface area contributed by atoms with E-state index in [1.165, 1.54) is 24.3 Å². The van der Waals surface area contributed by atoms with Gasteiger partial charge in [-0.1, -0.05) is 20.8 Å². The van der Waals surface area contributed by atoms with Gasteiger partial charge in [-0.05, 0) is 42.8 Å². The molecule has 2 heterocycles. The lowest BCUT2D eigenvalue weighted by Gasteiger charge is -2.41. The summed E-state index contributed by atoms with van der Waals surface area (Å²) in [5.41, 5.74) is 6.95. The Morgan fingerprint density at radius 2 is 2.24 bits per heavy atom. The van der Waals surface area contributed by atoms with Gasteiger partial charge in [0.15, 0.2) is 0 Å². The molecule has 1 spiro atoms. The van der Waals surface area contributed by atoms with Gasteiger partial charge in [0.1, 0.15) is 0 Å². The lowest BCUT2D eigenvalue weighted by atomic mass is 9.76. The van der Waals surface area contributed by atoms with Crippen molar-refractivity contribution in [2.45, 2.75) is 58.1 Å². The molecule has 0 aliphatic carbocycles. The summed E-state index contributed by atoms with van der Waals surface area (Å²) in [5.74, 6) is 3.12. The summed E-state index contributed by atoms with van der Waals surface area (Å²) < 4.78 is 6.06. The molecule has 2 aliphatic heterocycles. The van der Waals surface area contributed by atoms with E-state index in [1.54, 1.807) is 0 Å². The van der Waals surface area contributed by atoms with Gasteiger partial charge >= 0.3 is 0 Å². The molecule has 2 saturated heterocycles. The molecular formula is C14H27NOS. The average molecular weight is 257 g/mol. The average Bonchev–Trinajstić information content (AvgIpc) is 2.64. The van der Waals surface area contributed by atoms with Crippen molar-refractivity contribution >= 4 is 11.8 Å². The highest BCUT2D eigenvalue weighted by Crippen LogP contribution is 2.42. The van der Waals surface area contributed by atoms with Gasteiger partial charge in [0, 0.05) is 18.4 Å². The molecule has 0 radical (unpaired) electrons. The first-order valence-electron chi connectivity index (χ1n) is 6.88. The first kappa shape index (κ1) is 13.7. The Morgan fingerprint density at radius 3 is 2.82 bits per heavy atom. The zero-order valence-corrected chi connectivity index (χ0v) is 12.3. The number of rotatable bonds is 2. The van der Waals surface area contributed by atoms with Gasteiger partial charge in [0.2, 0.25) is 0 Å². The second-order valence-corrected chi connectivity index (χ2v) is 8.12. The third-order valence-electron chi connectivity index (χ3n) is 4.05. The molecule has 0 aromatic heterocycles. The highest BCUT2D eigenvalue weighted by molar-refractivity contribution is 7.99. The minimum atomic E-state index is 0.184. The van der Waals surface area contributed by atoms with Gasteiger partial charge < -0.3 is 10.5 Å². The summed E-state index contributed by atoms with van der Waals surface area (Å²) >= 11 is 2.04. The molecule has 3 heteroatoms. The quantitative estimate of drug-likeness (QED) is 0.826. The Bertz CT molecular complexity index is 255. The van der Waals surface area contributed by atoms with E-state index in [-0.39, 0.29) is 5.60 Å². The maximum Gasteiger partial charge on any atom is 0.0783 e. The lowest BCUT2D eigenvalue weighted by molar-refractivity contribution is -0.0847. The number of hydrogen-bond acceptors (Lipinski definition) is 3. The van der Waals surface area contributed by atoms with Crippen molar-refractivity contribution in [3.63, 3.8) is 0 Å². The molecule has 2 nitrogen and oxygen atoms in total. The van der Waals surface area contributed by atoms with Gasteiger partial charge in [-0.25, -0.2) is 0 Å². The van der Waals surface area contributed by atoms with E-state index in [9.17, 15) is 0 Å². The van der Waals surface area contributed by atoms with Crippen LogP contribution in [-0.2, 0) is 4.74 Å². The minimum absolute atomic E-state index is 0.184. The normalized spacial score (nSPS) is 36.4. The molecule has 2 fully saturated rings. The summed E-state index contributed by atoms with van der Waals surface area (Å²) in [6.07, 6.45) is 4.71. The summed E-state index contributed by atoms with van der Waals surface area (Å²) in [6, 6.07) is 0.348. The van der Waals surface area contributed by atoms with E-state index in [4.69, 9.17) is 10.5 Å². The highest BCUT2D eigenvalue weighted by atomic mass is 32.2. The Kier molecular flexibility index (Phi) is 4.11.